The molecule has 18 nitrogen and oxygen atoms in total. The Bertz CT molecular complexity index is 3250. The monoisotopic (exact) mass is 1290 g/mol. The van der Waals surface area contributed by atoms with E-state index in [9.17, 15) is 51.4 Å². The first-order valence-corrected chi connectivity index (χ1v) is 25.2. The van der Waals surface area contributed by atoms with Crippen LogP contribution < -0.4 is 47.3 Å². The first-order valence-electron chi connectivity index (χ1n) is 21.0. The number of phenols is 1. The first-order chi connectivity index (χ1) is 34.5. The molecule has 30 heteroatoms. The van der Waals surface area contributed by atoms with Crippen molar-refractivity contribution in [2.45, 2.75) is 63.5 Å². The van der Waals surface area contributed by atoms with Crippen LogP contribution in [0, 0.1) is 0 Å². The van der Waals surface area contributed by atoms with Crippen molar-refractivity contribution < 1.29 is 46.5 Å². The number of amides is 2. The molecule has 386 valence electrons. The predicted octanol–water partition coefficient (Wildman–Crippen LogP) is 10.3. The second kappa shape index (κ2) is 25.2. The molecule has 2 fully saturated rings. The number of phenolic OH excluding ortho intramolecular Hbond substituents is 1. The number of alkyl halides is 4. The summed E-state index contributed by atoms with van der Waals surface area (Å²) in [5.41, 5.74) is -6.95. The fourth-order valence-corrected chi connectivity index (χ4v) is 7.65. The lowest BCUT2D eigenvalue weighted by molar-refractivity contribution is 0.0905. The van der Waals surface area contributed by atoms with Crippen molar-refractivity contribution in [1.29, 1.82) is 0 Å². The van der Waals surface area contributed by atoms with Crippen LogP contribution in [-0.4, -0.2) is 68.8 Å². The zero-order valence-electron chi connectivity index (χ0n) is 37.0. The number of carbonyl (C=O) groups is 2. The van der Waals surface area contributed by atoms with Gasteiger partial charge in [-0.25, -0.2) is 27.2 Å². The fourth-order valence-electron chi connectivity index (χ4n) is 6.55. The Labute approximate surface area is 453 Å². The van der Waals surface area contributed by atoms with Gasteiger partial charge in [-0.05, 0) is 99.2 Å². The molecule has 0 atom stereocenters. The molecule has 0 bridgehead atoms. The van der Waals surface area contributed by atoms with Gasteiger partial charge in [0.2, 0.25) is 0 Å². The number of aromatic nitrogens is 6. The summed E-state index contributed by atoms with van der Waals surface area (Å²) in [5.74, 6) is -0.390. The van der Waals surface area contributed by atoms with Gasteiger partial charge >= 0.3 is 14.6 Å². The number of methoxy groups -OCH3 is 1. The summed E-state index contributed by atoms with van der Waals surface area (Å²) in [4.78, 5) is 75.9. The average molecular weight is 1290 g/mol. The van der Waals surface area contributed by atoms with Gasteiger partial charge in [0, 0.05) is 12.1 Å². The van der Waals surface area contributed by atoms with Crippen LogP contribution in [0.4, 0.5) is 17.6 Å². The minimum atomic E-state index is -3.21. The molecule has 4 aromatic carbocycles. The van der Waals surface area contributed by atoms with E-state index in [2.05, 4.69) is 68.1 Å². The molecule has 2 aromatic heterocycles. The number of carbonyl (C=O) groups excluding carboxylic acids is 2. The molecule has 0 radical (unpaired) electrons. The van der Waals surface area contributed by atoms with E-state index in [-0.39, 0.29) is 92.5 Å². The third kappa shape index (κ3) is 14.5. The number of H-pyrrole nitrogens is 2. The molecule has 0 saturated heterocycles. The van der Waals surface area contributed by atoms with E-state index in [1.165, 1.54) is 55.6 Å². The predicted molar refractivity (Wildman–Crippen MR) is 275 cm³/mol. The fraction of sp³-hybridized carbons (Fsp3) is 0.256. The molecule has 2 amide bonds. The van der Waals surface area contributed by atoms with Crippen LogP contribution in [0.2, 0.25) is 20.1 Å². The van der Waals surface area contributed by atoms with E-state index >= 15 is 0 Å². The highest BCUT2D eigenvalue weighted by Gasteiger charge is 2.26. The number of nitrogens with one attached hydrogen (secondary N) is 4. The zero-order valence-corrected chi connectivity index (χ0v) is 44.8. The average Bonchev–Trinajstić information content (AvgIpc) is 3.28. The second-order valence-corrected chi connectivity index (χ2v) is 23.4. The van der Waals surface area contributed by atoms with Crippen molar-refractivity contribution in [3.63, 3.8) is 0 Å². The summed E-state index contributed by atoms with van der Waals surface area (Å²) >= 11 is 34.4. The molecule has 0 unspecified atom stereocenters. The van der Waals surface area contributed by atoms with E-state index in [1.54, 1.807) is 22.1 Å². The number of halogens is 11. The Hall–Kier alpha value is -5.38. The number of hydrogen-bond donors (Lipinski definition) is 5. The minimum Gasteiger partial charge on any atom is -0.507 e. The van der Waals surface area contributed by atoms with Gasteiger partial charge in [-0.1, -0.05) is 46.4 Å². The van der Waals surface area contributed by atoms with Gasteiger partial charge in [0.15, 0.2) is 22.9 Å². The highest BCUT2D eigenvalue weighted by molar-refractivity contribution is 9.69. The van der Waals surface area contributed by atoms with Crippen LogP contribution in [-0.2, 0) is 0 Å². The largest absolute Gasteiger partial charge is 0.507 e. The molecular weight excluding hydrogens is 1260 g/mol. The Morgan fingerprint density at radius 2 is 1.04 bits per heavy atom. The lowest BCUT2D eigenvalue weighted by atomic mass is 9.93. The van der Waals surface area contributed by atoms with Crippen molar-refractivity contribution in [1.82, 2.24) is 40.2 Å². The number of rotatable bonds is 13. The van der Waals surface area contributed by atoms with Crippen molar-refractivity contribution in [2.24, 2.45) is 0 Å². The number of nitrogens with zero attached hydrogens (tertiary/aromatic N) is 4. The van der Waals surface area contributed by atoms with Crippen molar-refractivity contribution in [3.05, 3.63) is 145 Å². The third-order valence-electron chi connectivity index (χ3n) is 10.5. The molecule has 2 saturated carbocycles. The van der Waals surface area contributed by atoms with Crippen molar-refractivity contribution in [3.8, 4) is 45.9 Å². The van der Waals surface area contributed by atoms with Gasteiger partial charge in [0.1, 0.15) is 23.0 Å². The van der Waals surface area contributed by atoms with Crippen LogP contribution in [0.5, 0.6) is 34.5 Å². The van der Waals surface area contributed by atoms with Gasteiger partial charge in [-0.15, -0.1) is 47.3 Å². The van der Waals surface area contributed by atoms with Crippen molar-refractivity contribution in [2.75, 3.05) is 7.11 Å². The summed E-state index contributed by atoms with van der Waals surface area (Å²) in [5, 5.41) is 22.2. The molecule has 2 aliphatic rings. The molecule has 8 rings (SSSR count). The van der Waals surface area contributed by atoms with Crippen LogP contribution in [0.3, 0.4) is 0 Å². The molecule has 73 heavy (non-hydrogen) atoms. The molecule has 5 N–H and O–H groups in total. The van der Waals surface area contributed by atoms with Crippen molar-refractivity contribution >= 4 is 109 Å². The van der Waals surface area contributed by atoms with Crippen LogP contribution in [0.25, 0.3) is 11.4 Å². The maximum absolute atomic E-state index is 13.0. The Balaban J connectivity index is 0.000000222. The zero-order chi connectivity index (χ0) is 53.4. The van der Waals surface area contributed by atoms with Gasteiger partial charge in [0.25, 0.3) is 35.8 Å². The van der Waals surface area contributed by atoms with E-state index in [4.69, 9.17) is 60.6 Å². The number of aromatic amines is 2. The number of benzene rings is 4. The van der Waals surface area contributed by atoms with E-state index in [0.717, 1.165) is 38.5 Å². The second-order valence-electron chi connectivity index (χ2n) is 15.4. The van der Waals surface area contributed by atoms with Gasteiger partial charge in [0.05, 0.1) is 49.7 Å². The van der Waals surface area contributed by atoms with Crippen LogP contribution in [0.1, 0.15) is 83.5 Å². The van der Waals surface area contributed by atoms with E-state index < -0.39 is 52.6 Å². The maximum Gasteiger partial charge on any atom is 0.369 e. The first kappa shape index (κ1) is 56.9. The summed E-state index contributed by atoms with van der Waals surface area (Å²) in [6.45, 7) is 0. The molecule has 0 aliphatic heterocycles. The lowest BCUT2D eigenvalue weighted by Gasteiger charge is -2.26. The van der Waals surface area contributed by atoms with Gasteiger partial charge < -0.3 is 30.0 Å². The van der Waals surface area contributed by atoms with Crippen LogP contribution in [0.15, 0.2) is 79.8 Å². The summed E-state index contributed by atoms with van der Waals surface area (Å²) in [6, 6.07) is 13.5. The molecule has 2 heterocycles. The molecule has 0 spiro atoms. The molecular formula is C43H34BBr3Cl4F4N8O10. The Morgan fingerprint density at radius 3 is 1.40 bits per heavy atom. The van der Waals surface area contributed by atoms with E-state index in [0.29, 0.717) is 15.1 Å². The highest BCUT2D eigenvalue weighted by Crippen LogP contribution is 2.41. The Kier molecular flexibility index (Phi) is 19.7. The Morgan fingerprint density at radius 1 is 0.671 bits per heavy atom. The lowest BCUT2D eigenvalue weighted by Crippen LogP contribution is -2.39. The highest BCUT2D eigenvalue weighted by atomic mass is 79.9. The number of aromatic hydroxyl groups is 1. The smallest absolute Gasteiger partial charge is 0.369 e. The minimum absolute atomic E-state index is 0.00298. The summed E-state index contributed by atoms with van der Waals surface area (Å²) in [6.07, 6.45) is -0.779. The topological polar surface area (TPSA) is 242 Å². The normalized spacial score (nSPS) is 13.1. The SMILES string of the molecule is BrB(Br)Br.COc1ccc(Oc2c(Cl)cc(-n3nc(C(F)F)c(=O)[nH]c3=O)cc2Cl)cc1C(=O)NC1CCC1.O=C(NC1CCC1)c1cc(Oc2c(Cl)cc(-n3nc(C(F)F)c(=O)[nH]c3=O)cc2Cl)ccc1O. The standard InChI is InChI=1S/C22H18Cl2F2N4O5.C21H16Cl2F2N4O5.BBr3/c1-34-16-6-5-12(9-13(16)20(31)27-10-3-2-4-10)35-18-14(23)7-11(8-15(18)24)30-22(33)28-21(32)17(29-30)19(25)26;22-13-6-10(29-21(33)27-20(32)16(28-29)18(24)25)7-14(23)17(13)34-11-4-5-15(30)12(8-11)19(31)26-9-2-1-3-9;2-1(3)4/h5-10,19H,2-4H2,1H3,(H,27,31)(H,28,32,33);4-9,18,30H,1-3H2,(H,26,31)(H,27,32,33);. The summed E-state index contributed by atoms with van der Waals surface area (Å²) < 4.78 is 70.2. The summed E-state index contributed by atoms with van der Waals surface area (Å²) in [7, 11) is 1.44. The molecule has 6 aromatic rings. The molecule has 2 aliphatic carbocycles. The number of ether oxygens (including phenoxy) is 3. The quantitative estimate of drug-likeness (QED) is 0.0536. The van der Waals surface area contributed by atoms with Crippen LogP contribution >= 0.6 is 93.7 Å². The maximum atomic E-state index is 13.0. The van der Waals surface area contributed by atoms with E-state index in [1.807, 2.05) is 0 Å². The van der Waals surface area contributed by atoms with Gasteiger partial charge in [-0.2, -0.15) is 19.6 Å². The number of hydrogen-bond acceptors (Lipinski definition) is 12. The third-order valence-corrected chi connectivity index (χ3v) is 11.6. The van der Waals surface area contributed by atoms with Gasteiger partial charge in [-0.3, -0.25) is 29.1 Å².